The zero-order chi connectivity index (χ0) is 15.0. The van der Waals surface area contributed by atoms with Crippen LogP contribution in [0.15, 0.2) is 46.6 Å². The molecule has 0 spiro atoms. The van der Waals surface area contributed by atoms with Crippen LogP contribution in [-0.4, -0.2) is 36.9 Å². The minimum absolute atomic E-state index is 0.155. The number of benzene rings is 1. The van der Waals surface area contributed by atoms with Gasteiger partial charge in [-0.3, -0.25) is 0 Å². The molecule has 4 N–H and O–H groups in total. The second-order valence-electron chi connectivity index (χ2n) is 3.97. The number of nitrogens with two attached hydrogens (primary N) is 2. The molecule has 0 bridgehead atoms. The summed E-state index contributed by atoms with van der Waals surface area (Å²) in [6, 6.07) is 9.31. The molecule has 1 aromatic rings. The number of oxime groups is 1. The Hall–Kier alpha value is -2.83. The van der Waals surface area contributed by atoms with Crippen molar-refractivity contribution in [2.45, 2.75) is 0 Å². The van der Waals surface area contributed by atoms with E-state index in [1.54, 1.807) is 25.1 Å². The molecule has 0 aliphatic carbocycles. The molecule has 0 amide bonds. The third-order valence-corrected chi connectivity index (χ3v) is 2.13. The lowest BCUT2D eigenvalue weighted by Crippen LogP contribution is -2.32. The summed E-state index contributed by atoms with van der Waals surface area (Å²) >= 11 is 0. The molecule has 0 unspecified atom stereocenters. The van der Waals surface area contributed by atoms with Crippen molar-refractivity contribution in [1.82, 2.24) is 4.90 Å². The van der Waals surface area contributed by atoms with Gasteiger partial charge < -0.3 is 21.2 Å². The van der Waals surface area contributed by atoms with Gasteiger partial charge in [-0.05, 0) is 16.8 Å². The van der Waals surface area contributed by atoms with Gasteiger partial charge in [0.1, 0.15) is 0 Å². The van der Waals surface area contributed by atoms with Gasteiger partial charge in [-0.15, -0.1) is 0 Å². The molecule has 0 radical (unpaired) electrons. The Morgan fingerprint density at radius 1 is 1.25 bits per heavy atom. The summed E-state index contributed by atoms with van der Waals surface area (Å²) in [6.07, 6.45) is 2.84. The van der Waals surface area contributed by atoms with Crippen LogP contribution in [0, 0.1) is 0 Å². The highest BCUT2D eigenvalue weighted by molar-refractivity contribution is 5.93. The summed E-state index contributed by atoms with van der Waals surface area (Å²) in [5, 5.41) is 3.36. The highest BCUT2D eigenvalue weighted by Gasteiger charge is 1.99. The van der Waals surface area contributed by atoms with Crippen molar-refractivity contribution in [1.29, 1.82) is 0 Å². The average molecular weight is 275 g/mol. The van der Waals surface area contributed by atoms with E-state index >= 15 is 0 Å². The van der Waals surface area contributed by atoms with Gasteiger partial charge >= 0.3 is 5.97 Å². The molecule has 1 rings (SSSR count). The van der Waals surface area contributed by atoms with Crippen LogP contribution < -0.4 is 11.5 Å². The minimum atomic E-state index is -0.657. The van der Waals surface area contributed by atoms with Crippen molar-refractivity contribution in [3.63, 3.8) is 0 Å². The standard InChI is InChI=1S/C13H17N5O2/c1-18(2)13(15)16-12(14)17-20-11(19)9-8-10-6-4-3-5-7-10/h3-9H,1-2H3,(H4,14,15,16,17)/b9-8+. The fraction of sp³-hybridized carbons (Fsp3) is 0.154. The molecular formula is C13H17N5O2. The van der Waals surface area contributed by atoms with Crippen molar-refractivity contribution in [2.24, 2.45) is 21.6 Å². The van der Waals surface area contributed by atoms with E-state index in [-0.39, 0.29) is 11.9 Å². The number of hydrogen-bond donors (Lipinski definition) is 2. The summed E-state index contributed by atoms with van der Waals surface area (Å²) in [6.45, 7) is 0. The molecule has 20 heavy (non-hydrogen) atoms. The maximum Gasteiger partial charge on any atom is 0.358 e. The van der Waals surface area contributed by atoms with Gasteiger partial charge in [-0.25, -0.2) is 4.79 Å². The zero-order valence-corrected chi connectivity index (χ0v) is 11.4. The van der Waals surface area contributed by atoms with E-state index in [4.69, 9.17) is 11.5 Å². The summed E-state index contributed by atoms with van der Waals surface area (Å²) < 4.78 is 0. The van der Waals surface area contributed by atoms with Crippen LogP contribution in [0.25, 0.3) is 6.08 Å². The van der Waals surface area contributed by atoms with Gasteiger partial charge in [0.15, 0.2) is 5.96 Å². The number of nitrogens with zero attached hydrogens (tertiary/aromatic N) is 3. The summed E-state index contributed by atoms with van der Waals surface area (Å²) in [4.78, 5) is 21.2. The first kappa shape index (κ1) is 15.2. The molecule has 7 heteroatoms. The second kappa shape index (κ2) is 7.57. The molecule has 1 aromatic carbocycles. The number of carbonyl (C=O) groups is 1. The largest absolute Gasteiger partial charge is 0.369 e. The molecule has 0 heterocycles. The van der Waals surface area contributed by atoms with Crippen molar-refractivity contribution >= 4 is 24.0 Å². The monoisotopic (exact) mass is 275 g/mol. The maximum atomic E-state index is 11.4. The maximum absolute atomic E-state index is 11.4. The molecule has 0 aliphatic heterocycles. The van der Waals surface area contributed by atoms with Crippen LogP contribution in [0.3, 0.4) is 0 Å². The number of aliphatic imine (C=N–C) groups is 1. The summed E-state index contributed by atoms with van der Waals surface area (Å²) in [5.41, 5.74) is 11.8. The lowest BCUT2D eigenvalue weighted by molar-refractivity contribution is -0.137. The third-order valence-electron chi connectivity index (χ3n) is 2.13. The van der Waals surface area contributed by atoms with Crippen molar-refractivity contribution in [3.05, 3.63) is 42.0 Å². The van der Waals surface area contributed by atoms with Crippen molar-refractivity contribution in [2.75, 3.05) is 14.1 Å². The molecule has 0 saturated carbocycles. The van der Waals surface area contributed by atoms with E-state index in [0.717, 1.165) is 5.56 Å². The predicted molar refractivity (Wildman–Crippen MR) is 78.5 cm³/mol. The molecule has 0 atom stereocenters. The Bertz CT molecular complexity index is 535. The molecule has 0 saturated heterocycles. The van der Waals surface area contributed by atoms with Crippen LogP contribution in [0.4, 0.5) is 0 Å². The first-order chi connectivity index (χ1) is 9.49. The fourth-order valence-corrected chi connectivity index (χ4v) is 1.09. The van der Waals surface area contributed by atoms with Gasteiger partial charge in [0.2, 0.25) is 0 Å². The second-order valence-corrected chi connectivity index (χ2v) is 3.97. The van der Waals surface area contributed by atoms with E-state index in [2.05, 4.69) is 15.0 Å². The number of carbonyl (C=O) groups excluding carboxylic acids is 1. The Kier molecular flexibility index (Phi) is 5.76. The first-order valence-corrected chi connectivity index (χ1v) is 5.78. The molecule has 0 aliphatic rings. The third kappa shape index (κ3) is 5.67. The van der Waals surface area contributed by atoms with Gasteiger partial charge in [0.05, 0.1) is 0 Å². The van der Waals surface area contributed by atoms with E-state index in [1.807, 2.05) is 30.3 Å². The van der Waals surface area contributed by atoms with E-state index in [1.165, 1.54) is 6.08 Å². The van der Waals surface area contributed by atoms with Crippen molar-refractivity contribution in [3.8, 4) is 0 Å². The highest BCUT2D eigenvalue weighted by Crippen LogP contribution is 2.01. The summed E-state index contributed by atoms with van der Waals surface area (Å²) in [5.74, 6) is -0.741. The number of hydrogen-bond acceptors (Lipinski definition) is 3. The van der Waals surface area contributed by atoms with Gasteiger partial charge in [0.25, 0.3) is 5.96 Å². The fourth-order valence-electron chi connectivity index (χ4n) is 1.09. The lowest BCUT2D eigenvalue weighted by Gasteiger charge is -2.09. The Balaban J connectivity index is 2.55. The van der Waals surface area contributed by atoms with Crippen LogP contribution in [0.5, 0.6) is 0 Å². The Labute approximate surface area is 117 Å². The van der Waals surface area contributed by atoms with Gasteiger partial charge in [-0.2, -0.15) is 4.99 Å². The molecule has 106 valence electrons. The first-order valence-electron chi connectivity index (χ1n) is 5.78. The Morgan fingerprint density at radius 3 is 2.50 bits per heavy atom. The molecule has 7 nitrogen and oxygen atoms in total. The van der Waals surface area contributed by atoms with E-state index in [0.29, 0.717) is 0 Å². The van der Waals surface area contributed by atoms with Crippen LogP contribution in [0.1, 0.15) is 5.56 Å². The van der Waals surface area contributed by atoms with Gasteiger partial charge in [0, 0.05) is 20.2 Å². The smallest absolute Gasteiger partial charge is 0.358 e. The summed E-state index contributed by atoms with van der Waals surface area (Å²) in [7, 11) is 3.39. The Morgan fingerprint density at radius 2 is 1.90 bits per heavy atom. The van der Waals surface area contributed by atoms with E-state index < -0.39 is 5.97 Å². The molecule has 0 aromatic heterocycles. The number of rotatable bonds is 3. The van der Waals surface area contributed by atoms with Crippen LogP contribution in [0.2, 0.25) is 0 Å². The SMILES string of the molecule is CN(C)/C(N)=N/C(N)=N/OC(=O)/C=C/c1ccccc1. The molecule has 0 fully saturated rings. The van der Waals surface area contributed by atoms with Crippen molar-refractivity contribution < 1.29 is 9.63 Å². The van der Waals surface area contributed by atoms with Gasteiger partial charge in [-0.1, -0.05) is 30.3 Å². The average Bonchev–Trinajstić information content (AvgIpc) is 2.43. The van der Waals surface area contributed by atoms with Crippen LogP contribution in [-0.2, 0) is 9.63 Å². The lowest BCUT2D eigenvalue weighted by atomic mass is 10.2. The minimum Gasteiger partial charge on any atom is -0.369 e. The van der Waals surface area contributed by atoms with E-state index in [9.17, 15) is 4.79 Å². The highest BCUT2D eigenvalue weighted by atomic mass is 16.7. The predicted octanol–water partition coefficient (Wildman–Crippen LogP) is 0.349. The normalized spacial score (nSPS) is 12.5. The zero-order valence-electron chi connectivity index (χ0n) is 11.4. The number of guanidine groups is 2. The molecular weight excluding hydrogens is 258 g/mol. The van der Waals surface area contributed by atoms with Crippen LogP contribution >= 0.6 is 0 Å². The quantitative estimate of drug-likeness (QED) is 0.272. The topological polar surface area (TPSA) is 106 Å².